The van der Waals surface area contributed by atoms with E-state index in [1.807, 2.05) is 0 Å². The molecule has 2 aliphatic heterocycles. The minimum atomic E-state index is -0.0377. The molecule has 0 aromatic heterocycles. The van der Waals surface area contributed by atoms with E-state index in [2.05, 4.69) is 35.1 Å². The predicted octanol–water partition coefficient (Wildman–Crippen LogP) is 1.43. The lowest BCUT2D eigenvalue weighted by Gasteiger charge is -2.64. The molecule has 2 saturated carbocycles. The second kappa shape index (κ2) is 4.67. The molecule has 20 heavy (non-hydrogen) atoms. The van der Waals surface area contributed by atoms with Gasteiger partial charge in [-0.15, -0.1) is 0 Å². The number of hydrogen-bond acceptors (Lipinski definition) is 4. The van der Waals surface area contributed by atoms with Crippen LogP contribution in [0, 0.1) is 0 Å². The zero-order chi connectivity index (χ0) is 13.8. The van der Waals surface area contributed by atoms with Crippen LogP contribution < -0.4 is 21.3 Å². The maximum atomic E-state index is 3.97. The van der Waals surface area contributed by atoms with Gasteiger partial charge in [-0.05, 0) is 39.5 Å². The summed E-state index contributed by atoms with van der Waals surface area (Å²) in [4.78, 5) is 0. The normalized spacial score (nSPS) is 55.5. The number of hydrogen-bond donors (Lipinski definition) is 4. The quantitative estimate of drug-likeness (QED) is 0.541. The number of fused-ring (bicyclic) bond motifs is 3. The molecule has 0 aromatic rings. The van der Waals surface area contributed by atoms with Gasteiger partial charge < -0.3 is 0 Å². The molecule has 2 saturated heterocycles. The number of rotatable bonds is 0. The lowest BCUT2D eigenvalue weighted by molar-refractivity contribution is -0.0523. The summed E-state index contributed by atoms with van der Waals surface area (Å²) in [6.07, 6.45) is 10.8. The van der Waals surface area contributed by atoms with E-state index in [-0.39, 0.29) is 11.3 Å². The van der Waals surface area contributed by atoms with Crippen LogP contribution in [-0.4, -0.2) is 35.5 Å². The van der Waals surface area contributed by atoms with E-state index in [0.717, 1.165) is 0 Å². The zero-order valence-corrected chi connectivity index (χ0v) is 13.0. The van der Waals surface area contributed by atoms with Gasteiger partial charge in [0.25, 0.3) is 0 Å². The van der Waals surface area contributed by atoms with Crippen molar-refractivity contribution in [3.63, 3.8) is 0 Å². The SMILES string of the molecule is CC12N[C@H]3CCCC[C@H]3NC1(C)N[C@H]1CCCC[C@H]1N2. The van der Waals surface area contributed by atoms with Crippen molar-refractivity contribution < 1.29 is 0 Å². The van der Waals surface area contributed by atoms with Gasteiger partial charge in [-0.25, -0.2) is 0 Å². The third kappa shape index (κ3) is 1.96. The molecule has 6 atom stereocenters. The Labute approximate surface area is 122 Å². The summed E-state index contributed by atoms with van der Waals surface area (Å²) in [6, 6.07) is 2.54. The van der Waals surface area contributed by atoms with Gasteiger partial charge in [0.2, 0.25) is 0 Å². The summed E-state index contributed by atoms with van der Waals surface area (Å²) < 4.78 is 0. The van der Waals surface area contributed by atoms with Gasteiger partial charge in [0.05, 0.1) is 11.3 Å². The molecule has 2 unspecified atom stereocenters. The molecule has 4 aliphatic rings. The van der Waals surface area contributed by atoms with E-state index in [0.29, 0.717) is 24.2 Å². The van der Waals surface area contributed by atoms with Crippen LogP contribution in [0.3, 0.4) is 0 Å². The molecular formula is C16H30N4. The van der Waals surface area contributed by atoms with E-state index in [1.54, 1.807) is 0 Å². The highest BCUT2D eigenvalue weighted by Gasteiger charge is 2.57. The molecule has 2 heterocycles. The van der Waals surface area contributed by atoms with E-state index in [9.17, 15) is 0 Å². The van der Waals surface area contributed by atoms with Crippen LogP contribution >= 0.6 is 0 Å². The van der Waals surface area contributed by atoms with Gasteiger partial charge in [-0.1, -0.05) is 25.7 Å². The standard InChI is InChI=1S/C16H30N4/c1-15-16(2,19-13-9-5-3-7-11(13)17-15)20-14-10-6-4-8-12(14)18-15/h11-14,17-20H,3-10H2,1-2H3/t11-,12+,13+,14-,15?,16?. The average molecular weight is 278 g/mol. The molecule has 0 spiro atoms. The van der Waals surface area contributed by atoms with E-state index >= 15 is 0 Å². The monoisotopic (exact) mass is 278 g/mol. The third-order valence-corrected chi connectivity index (χ3v) is 6.43. The van der Waals surface area contributed by atoms with E-state index in [1.165, 1.54) is 51.4 Å². The molecule has 4 N–H and O–H groups in total. The molecule has 0 amide bonds. The Morgan fingerprint density at radius 2 is 0.800 bits per heavy atom. The molecule has 2 aliphatic carbocycles. The molecule has 4 heteroatoms. The molecule has 4 rings (SSSR count). The fourth-order valence-electron chi connectivity index (χ4n) is 5.10. The van der Waals surface area contributed by atoms with Crippen molar-refractivity contribution in [2.24, 2.45) is 0 Å². The second-order valence-corrected chi connectivity index (χ2v) is 7.82. The lowest BCUT2D eigenvalue weighted by atomic mass is 9.76. The highest BCUT2D eigenvalue weighted by atomic mass is 15.4. The summed E-state index contributed by atoms with van der Waals surface area (Å²) in [5, 5.41) is 15.9. The highest BCUT2D eigenvalue weighted by Crippen LogP contribution is 2.36. The molecular weight excluding hydrogens is 248 g/mol. The minimum Gasteiger partial charge on any atom is -0.293 e. The van der Waals surface area contributed by atoms with Crippen molar-refractivity contribution in [3.8, 4) is 0 Å². The van der Waals surface area contributed by atoms with Crippen LogP contribution in [0.2, 0.25) is 0 Å². The molecule has 0 aromatic carbocycles. The van der Waals surface area contributed by atoms with Crippen molar-refractivity contribution >= 4 is 0 Å². The molecule has 4 fully saturated rings. The number of nitrogens with one attached hydrogen (secondary N) is 4. The van der Waals surface area contributed by atoms with Crippen LogP contribution in [0.25, 0.3) is 0 Å². The van der Waals surface area contributed by atoms with Crippen LogP contribution in [0.5, 0.6) is 0 Å². The Bertz CT molecular complexity index is 319. The summed E-state index contributed by atoms with van der Waals surface area (Å²) in [5.74, 6) is 0. The van der Waals surface area contributed by atoms with Crippen molar-refractivity contribution in [3.05, 3.63) is 0 Å². The minimum absolute atomic E-state index is 0.0377. The third-order valence-electron chi connectivity index (χ3n) is 6.43. The molecule has 114 valence electrons. The fraction of sp³-hybridized carbons (Fsp3) is 1.00. The van der Waals surface area contributed by atoms with Gasteiger partial charge in [0.1, 0.15) is 0 Å². The molecule has 0 bridgehead atoms. The summed E-state index contributed by atoms with van der Waals surface area (Å²) in [6.45, 7) is 4.70. The maximum Gasteiger partial charge on any atom is 0.0984 e. The Morgan fingerprint density at radius 1 is 0.550 bits per heavy atom. The zero-order valence-electron chi connectivity index (χ0n) is 13.0. The van der Waals surface area contributed by atoms with Gasteiger partial charge in [0, 0.05) is 24.2 Å². The average Bonchev–Trinajstić information content (AvgIpc) is 2.42. The predicted molar refractivity (Wildman–Crippen MR) is 81.4 cm³/mol. The van der Waals surface area contributed by atoms with E-state index in [4.69, 9.17) is 0 Å². The first-order chi connectivity index (χ1) is 9.60. The first kappa shape index (κ1) is 13.5. The van der Waals surface area contributed by atoms with Crippen molar-refractivity contribution in [2.75, 3.05) is 0 Å². The largest absolute Gasteiger partial charge is 0.293 e. The summed E-state index contributed by atoms with van der Waals surface area (Å²) in [5.41, 5.74) is -0.0754. The van der Waals surface area contributed by atoms with Crippen LogP contribution in [0.15, 0.2) is 0 Å². The lowest BCUT2D eigenvalue weighted by Crippen LogP contribution is -2.91. The van der Waals surface area contributed by atoms with E-state index < -0.39 is 0 Å². The van der Waals surface area contributed by atoms with Crippen molar-refractivity contribution in [2.45, 2.75) is 101 Å². The van der Waals surface area contributed by atoms with Crippen LogP contribution in [0.1, 0.15) is 65.2 Å². The van der Waals surface area contributed by atoms with Crippen LogP contribution in [-0.2, 0) is 0 Å². The van der Waals surface area contributed by atoms with Gasteiger partial charge >= 0.3 is 0 Å². The van der Waals surface area contributed by atoms with Crippen molar-refractivity contribution in [1.29, 1.82) is 0 Å². The topological polar surface area (TPSA) is 48.1 Å². The number of piperazine rings is 2. The van der Waals surface area contributed by atoms with Gasteiger partial charge in [-0.2, -0.15) is 0 Å². The Hall–Kier alpha value is -0.160. The first-order valence-corrected chi connectivity index (χ1v) is 8.70. The van der Waals surface area contributed by atoms with Gasteiger partial charge in [-0.3, -0.25) is 21.3 Å². The van der Waals surface area contributed by atoms with Gasteiger partial charge in [0.15, 0.2) is 0 Å². The molecule has 4 nitrogen and oxygen atoms in total. The highest BCUT2D eigenvalue weighted by molar-refractivity contribution is 5.17. The maximum absolute atomic E-state index is 3.97. The molecule has 0 radical (unpaired) electrons. The fourth-order valence-corrected chi connectivity index (χ4v) is 5.10. The second-order valence-electron chi connectivity index (χ2n) is 7.82. The summed E-state index contributed by atoms with van der Waals surface area (Å²) in [7, 11) is 0. The Kier molecular flexibility index (Phi) is 3.15. The summed E-state index contributed by atoms with van der Waals surface area (Å²) >= 11 is 0. The van der Waals surface area contributed by atoms with Crippen molar-refractivity contribution in [1.82, 2.24) is 21.3 Å². The smallest absolute Gasteiger partial charge is 0.0984 e. The first-order valence-electron chi connectivity index (χ1n) is 8.70. The Balaban J connectivity index is 1.60. The van der Waals surface area contributed by atoms with Crippen LogP contribution in [0.4, 0.5) is 0 Å². The Morgan fingerprint density at radius 3 is 1.05 bits per heavy atom.